The molecule has 1 fully saturated rings. The summed E-state index contributed by atoms with van der Waals surface area (Å²) in [7, 11) is 0. The second-order valence-electron chi connectivity index (χ2n) is 6.25. The van der Waals surface area contributed by atoms with Gasteiger partial charge in [-0.1, -0.05) is 29.3 Å². The molecule has 2 N–H and O–H groups in total. The van der Waals surface area contributed by atoms with E-state index in [4.69, 9.17) is 28.5 Å². The van der Waals surface area contributed by atoms with Crippen LogP contribution in [0.15, 0.2) is 42.5 Å². The van der Waals surface area contributed by atoms with Crippen LogP contribution in [0.2, 0.25) is 10.0 Å². The van der Waals surface area contributed by atoms with Gasteiger partial charge in [-0.2, -0.15) is 5.26 Å². The maximum atomic E-state index is 12.3. The van der Waals surface area contributed by atoms with Crippen molar-refractivity contribution in [1.82, 2.24) is 0 Å². The predicted molar refractivity (Wildman–Crippen MR) is 104 cm³/mol. The Morgan fingerprint density at radius 3 is 2.62 bits per heavy atom. The highest BCUT2D eigenvalue weighted by molar-refractivity contribution is 6.32. The Kier molecular flexibility index (Phi) is 6.00. The number of rotatable bonds is 4. The minimum Gasteiger partial charge on any atom is -0.360 e. The lowest BCUT2D eigenvalue weighted by Crippen LogP contribution is -3.15. The fourth-order valence-electron chi connectivity index (χ4n) is 3.05. The van der Waals surface area contributed by atoms with Crippen molar-refractivity contribution in [2.75, 3.05) is 42.9 Å². The van der Waals surface area contributed by atoms with Crippen molar-refractivity contribution >= 4 is 40.5 Å². The highest BCUT2D eigenvalue weighted by Crippen LogP contribution is 2.20. The standard InChI is InChI=1S/C19H18Cl2N4O/c20-15-2-1-3-17(10-15)25-8-6-24(7-9-25)13-19(26)23-16-5-4-14(12-22)18(21)11-16/h1-5,10-11H,6-9,13H2,(H,23,26)/p+1. The number of carbonyl (C=O) groups is 1. The summed E-state index contributed by atoms with van der Waals surface area (Å²) in [6.07, 6.45) is 0. The number of hydrogen-bond donors (Lipinski definition) is 2. The molecular weight excluding hydrogens is 371 g/mol. The van der Waals surface area contributed by atoms with Crippen molar-refractivity contribution in [1.29, 1.82) is 5.26 Å². The summed E-state index contributed by atoms with van der Waals surface area (Å²) in [6.45, 7) is 3.93. The van der Waals surface area contributed by atoms with Gasteiger partial charge in [0.1, 0.15) is 6.07 Å². The lowest BCUT2D eigenvalue weighted by molar-refractivity contribution is -0.892. The number of nitriles is 1. The molecule has 2 aromatic rings. The SMILES string of the molecule is N#Cc1ccc(NC(=O)C[NH+]2CCN(c3cccc(Cl)c3)CC2)cc1Cl. The Balaban J connectivity index is 1.50. The Morgan fingerprint density at radius 1 is 1.19 bits per heavy atom. The summed E-state index contributed by atoms with van der Waals surface area (Å²) in [5, 5.41) is 12.8. The van der Waals surface area contributed by atoms with E-state index in [0.717, 1.165) is 36.9 Å². The number of nitrogens with one attached hydrogen (secondary N) is 2. The van der Waals surface area contributed by atoms with Crippen LogP contribution in [0.25, 0.3) is 0 Å². The number of quaternary nitrogens is 1. The zero-order valence-corrected chi connectivity index (χ0v) is 15.6. The third-order valence-electron chi connectivity index (χ3n) is 4.43. The molecule has 0 spiro atoms. The molecule has 0 saturated carbocycles. The number of nitrogens with zero attached hydrogens (tertiary/aromatic N) is 2. The van der Waals surface area contributed by atoms with Crippen molar-refractivity contribution in [3.8, 4) is 6.07 Å². The maximum Gasteiger partial charge on any atom is 0.279 e. The van der Waals surface area contributed by atoms with E-state index in [1.165, 1.54) is 4.90 Å². The minimum absolute atomic E-state index is 0.0584. The van der Waals surface area contributed by atoms with Gasteiger partial charge in [-0.15, -0.1) is 0 Å². The van der Waals surface area contributed by atoms with Crippen LogP contribution in [-0.4, -0.2) is 38.6 Å². The number of anilines is 2. The van der Waals surface area contributed by atoms with Gasteiger partial charge in [0.2, 0.25) is 0 Å². The summed E-state index contributed by atoms with van der Waals surface area (Å²) in [5.74, 6) is -0.0584. The minimum atomic E-state index is -0.0584. The van der Waals surface area contributed by atoms with E-state index in [-0.39, 0.29) is 5.91 Å². The quantitative estimate of drug-likeness (QED) is 0.842. The van der Waals surface area contributed by atoms with E-state index in [1.54, 1.807) is 18.2 Å². The Labute approximate surface area is 162 Å². The molecule has 1 amide bonds. The Hall–Kier alpha value is -2.26. The molecule has 0 atom stereocenters. The monoisotopic (exact) mass is 389 g/mol. The van der Waals surface area contributed by atoms with Gasteiger partial charge in [0, 0.05) is 16.4 Å². The molecule has 0 bridgehead atoms. The summed E-state index contributed by atoms with van der Waals surface area (Å²) in [6, 6.07) is 14.7. The highest BCUT2D eigenvalue weighted by atomic mass is 35.5. The molecule has 0 aromatic heterocycles. The summed E-state index contributed by atoms with van der Waals surface area (Å²) in [5.41, 5.74) is 2.12. The van der Waals surface area contributed by atoms with Crippen molar-refractivity contribution in [3.63, 3.8) is 0 Å². The average molecular weight is 390 g/mol. The van der Waals surface area contributed by atoms with E-state index in [1.807, 2.05) is 24.3 Å². The molecule has 0 unspecified atom stereocenters. The molecule has 26 heavy (non-hydrogen) atoms. The molecule has 3 rings (SSSR count). The number of carbonyl (C=O) groups excluding carboxylic acids is 1. The average Bonchev–Trinajstić information content (AvgIpc) is 2.62. The number of halogens is 2. The first-order valence-corrected chi connectivity index (χ1v) is 9.14. The second kappa shape index (κ2) is 8.41. The largest absolute Gasteiger partial charge is 0.360 e. The predicted octanol–water partition coefficient (Wildman–Crippen LogP) is 2.21. The second-order valence-corrected chi connectivity index (χ2v) is 7.09. The molecule has 1 saturated heterocycles. The van der Waals surface area contributed by atoms with Gasteiger partial charge in [-0.05, 0) is 36.4 Å². The number of piperazine rings is 1. The normalized spacial score (nSPS) is 14.7. The zero-order valence-electron chi connectivity index (χ0n) is 14.1. The number of benzene rings is 2. The van der Waals surface area contributed by atoms with Crippen LogP contribution in [0.4, 0.5) is 11.4 Å². The molecule has 134 valence electrons. The molecule has 7 heteroatoms. The molecule has 5 nitrogen and oxygen atoms in total. The summed E-state index contributed by atoms with van der Waals surface area (Å²) in [4.78, 5) is 15.8. The van der Waals surface area contributed by atoms with Crippen LogP contribution in [0.5, 0.6) is 0 Å². The first-order valence-electron chi connectivity index (χ1n) is 8.39. The molecule has 0 radical (unpaired) electrons. The third kappa shape index (κ3) is 4.67. The highest BCUT2D eigenvalue weighted by Gasteiger charge is 2.22. The fourth-order valence-corrected chi connectivity index (χ4v) is 3.45. The Bertz CT molecular complexity index is 842. The van der Waals surface area contributed by atoms with Crippen molar-refractivity contribution in [3.05, 3.63) is 58.1 Å². The van der Waals surface area contributed by atoms with Gasteiger partial charge in [-0.3, -0.25) is 4.79 Å². The Morgan fingerprint density at radius 2 is 1.96 bits per heavy atom. The van der Waals surface area contributed by atoms with Crippen molar-refractivity contribution in [2.45, 2.75) is 0 Å². The van der Waals surface area contributed by atoms with E-state index in [9.17, 15) is 4.79 Å². The third-order valence-corrected chi connectivity index (χ3v) is 4.98. The van der Waals surface area contributed by atoms with E-state index >= 15 is 0 Å². The lowest BCUT2D eigenvalue weighted by Gasteiger charge is -2.33. The van der Waals surface area contributed by atoms with Crippen LogP contribution in [0.3, 0.4) is 0 Å². The van der Waals surface area contributed by atoms with Crippen LogP contribution in [-0.2, 0) is 4.79 Å². The van der Waals surface area contributed by atoms with Gasteiger partial charge >= 0.3 is 0 Å². The molecular formula is C19H19Cl2N4O+. The van der Waals surface area contributed by atoms with Gasteiger partial charge in [0.15, 0.2) is 6.54 Å². The molecule has 1 aliphatic heterocycles. The van der Waals surface area contributed by atoms with E-state index in [0.29, 0.717) is 22.8 Å². The number of amides is 1. The molecule has 1 aliphatic rings. The maximum absolute atomic E-state index is 12.3. The smallest absolute Gasteiger partial charge is 0.279 e. The lowest BCUT2D eigenvalue weighted by atomic mass is 10.2. The van der Waals surface area contributed by atoms with Gasteiger partial charge in [0.25, 0.3) is 5.91 Å². The van der Waals surface area contributed by atoms with Gasteiger partial charge < -0.3 is 15.1 Å². The van der Waals surface area contributed by atoms with E-state index < -0.39 is 0 Å². The van der Waals surface area contributed by atoms with E-state index in [2.05, 4.69) is 16.3 Å². The zero-order chi connectivity index (χ0) is 18.5. The first kappa shape index (κ1) is 18.5. The van der Waals surface area contributed by atoms with Crippen LogP contribution in [0.1, 0.15) is 5.56 Å². The van der Waals surface area contributed by atoms with Crippen LogP contribution >= 0.6 is 23.2 Å². The van der Waals surface area contributed by atoms with Gasteiger partial charge in [-0.25, -0.2) is 0 Å². The van der Waals surface area contributed by atoms with Gasteiger partial charge in [0.05, 0.1) is 36.8 Å². The summed E-state index contributed by atoms with van der Waals surface area (Å²) >= 11 is 12.1. The first-order chi connectivity index (χ1) is 12.5. The summed E-state index contributed by atoms with van der Waals surface area (Å²) < 4.78 is 0. The van der Waals surface area contributed by atoms with Crippen LogP contribution < -0.4 is 15.1 Å². The molecule has 0 aliphatic carbocycles. The topological polar surface area (TPSA) is 60.6 Å². The fraction of sp³-hybridized carbons (Fsp3) is 0.263. The molecule has 2 aromatic carbocycles. The van der Waals surface area contributed by atoms with Crippen LogP contribution in [0, 0.1) is 11.3 Å². The van der Waals surface area contributed by atoms with Crippen molar-refractivity contribution < 1.29 is 9.69 Å². The molecule has 1 heterocycles. The van der Waals surface area contributed by atoms with Crippen molar-refractivity contribution in [2.24, 2.45) is 0 Å². The number of hydrogen-bond acceptors (Lipinski definition) is 3.